The van der Waals surface area contributed by atoms with Crippen LogP contribution in [-0.2, 0) is 11.2 Å². The molecule has 0 saturated carbocycles. The van der Waals surface area contributed by atoms with Gasteiger partial charge in [-0.25, -0.2) is 0 Å². The minimum absolute atomic E-state index is 0.108. The molecule has 1 rings (SSSR count). The molecule has 3 nitrogen and oxygen atoms in total. The standard InChI is InChI=1S/C13H19NO2/c1-10(15)12(8-13(16)9-14)7-11-5-3-2-4-6-11/h2-6,12-13,16H,7-9,14H2,1H3. The molecule has 16 heavy (non-hydrogen) atoms. The molecule has 0 aromatic heterocycles. The summed E-state index contributed by atoms with van der Waals surface area (Å²) in [5.74, 6) is -0.0303. The minimum atomic E-state index is -0.586. The fourth-order valence-corrected chi connectivity index (χ4v) is 1.72. The van der Waals surface area contributed by atoms with Crippen molar-refractivity contribution in [1.29, 1.82) is 0 Å². The number of benzene rings is 1. The third-order valence-corrected chi connectivity index (χ3v) is 2.73. The van der Waals surface area contributed by atoms with Crippen molar-refractivity contribution in [3.63, 3.8) is 0 Å². The molecule has 2 unspecified atom stereocenters. The normalized spacial score (nSPS) is 14.4. The van der Waals surface area contributed by atoms with Crippen LogP contribution in [-0.4, -0.2) is 23.5 Å². The maximum absolute atomic E-state index is 11.4. The van der Waals surface area contributed by atoms with Gasteiger partial charge in [-0.2, -0.15) is 0 Å². The number of nitrogens with two attached hydrogens (primary N) is 1. The molecule has 0 aliphatic rings. The van der Waals surface area contributed by atoms with Gasteiger partial charge < -0.3 is 10.8 Å². The van der Waals surface area contributed by atoms with E-state index in [4.69, 9.17) is 5.73 Å². The molecule has 88 valence electrons. The van der Waals surface area contributed by atoms with Gasteiger partial charge in [0.25, 0.3) is 0 Å². The molecule has 3 N–H and O–H groups in total. The molecule has 0 amide bonds. The Morgan fingerprint density at radius 1 is 1.38 bits per heavy atom. The van der Waals surface area contributed by atoms with E-state index in [-0.39, 0.29) is 18.2 Å². The first-order chi connectivity index (χ1) is 7.63. The average Bonchev–Trinajstić information content (AvgIpc) is 2.29. The van der Waals surface area contributed by atoms with Crippen LogP contribution < -0.4 is 5.73 Å². The Balaban J connectivity index is 2.62. The number of aliphatic hydroxyl groups excluding tert-OH is 1. The van der Waals surface area contributed by atoms with Crippen molar-refractivity contribution >= 4 is 5.78 Å². The second-order valence-corrected chi connectivity index (χ2v) is 4.12. The van der Waals surface area contributed by atoms with Gasteiger partial charge >= 0.3 is 0 Å². The van der Waals surface area contributed by atoms with Crippen molar-refractivity contribution in [2.24, 2.45) is 11.7 Å². The predicted molar refractivity (Wildman–Crippen MR) is 64.0 cm³/mol. The zero-order chi connectivity index (χ0) is 12.0. The van der Waals surface area contributed by atoms with E-state index in [1.807, 2.05) is 30.3 Å². The van der Waals surface area contributed by atoms with E-state index in [0.717, 1.165) is 5.56 Å². The number of aliphatic hydroxyl groups is 1. The molecule has 3 heteroatoms. The summed E-state index contributed by atoms with van der Waals surface area (Å²) in [6.07, 6.45) is 0.533. The van der Waals surface area contributed by atoms with Gasteiger partial charge in [-0.15, -0.1) is 0 Å². The monoisotopic (exact) mass is 221 g/mol. The Kier molecular flexibility index (Phi) is 5.15. The number of hydrogen-bond donors (Lipinski definition) is 2. The molecule has 0 spiro atoms. The number of carbonyl (C=O) groups excluding carboxylic acids is 1. The molecule has 1 aromatic carbocycles. The second-order valence-electron chi connectivity index (χ2n) is 4.12. The summed E-state index contributed by atoms with van der Waals surface area (Å²) in [5.41, 5.74) is 6.47. The summed E-state index contributed by atoms with van der Waals surface area (Å²) in [7, 11) is 0. The number of hydrogen-bond acceptors (Lipinski definition) is 3. The van der Waals surface area contributed by atoms with E-state index in [0.29, 0.717) is 12.8 Å². The first-order valence-electron chi connectivity index (χ1n) is 5.56. The van der Waals surface area contributed by atoms with Crippen molar-refractivity contribution in [3.8, 4) is 0 Å². The number of carbonyl (C=O) groups is 1. The van der Waals surface area contributed by atoms with Crippen LogP contribution in [0.2, 0.25) is 0 Å². The van der Waals surface area contributed by atoms with Crippen molar-refractivity contribution in [3.05, 3.63) is 35.9 Å². The largest absolute Gasteiger partial charge is 0.392 e. The molecule has 0 radical (unpaired) electrons. The number of rotatable bonds is 6. The molecular weight excluding hydrogens is 202 g/mol. The zero-order valence-corrected chi connectivity index (χ0v) is 9.60. The van der Waals surface area contributed by atoms with Crippen molar-refractivity contribution in [2.45, 2.75) is 25.9 Å². The van der Waals surface area contributed by atoms with Crippen LogP contribution in [0.4, 0.5) is 0 Å². The lowest BCUT2D eigenvalue weighted by atomic mass is 9.90. The summed E-state index contributed by atoms with van der Waals surface area (Å²) in [5, 5.41) is 9.48. The van der Waals surface area contributed by atoms with Gasteiger partial charge in [0.15, 0.2) is 0 Å². The zero-order valence-electron chi connectivity index (χ0n) is 9.60. The highest BCUT2D eigenvalue weighted by atomic mass is 16.3. The molecule has 1 aromatic rings. The van der Waals surface area contributed by atoms with Crippen LogP contribution in [0.1, 0.15) is 18.9 Å². The summed E-state index contributed by atoms with van der Waals surface area (Å²) >= 11 is 0. The maximum Gasteiger partial charge on any atom is 0.133 e. The van der Waals surface area contributed by atoms with E-state index in [9.17, 15) is 9.90 Å². The van der Waals surface area contributed by atoms with Gasteiger partial charge in [0.2, 0.25) is 0 Å². The van der Waals surface area contributed by atoms with Gasteiger partial charge in [-0.3, -0.25) is 4.79 Å². The van der Waals surface area contributed by atoms with Crippen LogP contribution in [0.25, 0.3) is 0 Å². The predicted octanol–water partition coefficient (Wildman–Crippen LogP) is 1.14. The van der Waals surface area contributed by atoms with E-state index < -0.39 is 6.10 Å². The van der Waals surface area contributed by atoms with Gasteiger partial charge in [-0.05, 0) is 25.3 Å². The van der Waals surface area contributed by atoms with E-state index >= 15 is 0 Å². The quantitative estimate of drug-likeness (QED) is 0.757. The van der Waals surface area contributed by atoms with Crippen molar-refractivity contribution in [1.82, 2.24) is 0 Å². The smallest absolute Gasteiger partial charge is 0.133 e. The molecule has 0 aliphatic heterocycles. The van der Waals surface area contributed by atoms with Crippen molar-refractivity contribution < 1.29 is 9.90 Å². The lowest BCUT2D eigenvalue weighted by Gasteiger charge is -2.16. The van der Waals surface area contributed by atoms with Crippen LogP contribution >= 0.6 is 0 Å². The van der Waals surface area contributed by atoms with Gasteiger partial charge in [-0.1, -0.05) is 30.3 Å². The fourth-order valence-electron chi connectivity index (χ4n) is 1.72. The Morgan fingerprint density at radius 3 is 2.50 bits per heavy atom. The summed E-state index contributed by atoms with van der Waals surface area (Å²) in [6, 6.07) is 9.83. The highest BCUT2D eigenvalue weighted by Gasteiger charge is 2.18. The Morgan fingerprint density at radius 2 is 2.00 bits per heavy atom. The Labute approximate surface area is 96.3 Å². The molecule has 0 heterocycles. The van der Waals surface area contributed by atoms with E-state index in [2.05, 4.69) is 0 Å². The third-order valence-electron chi connectivity index (χ3n) is 2.73. The van der Waals surface area contributed by atoms with Crippen LogP contribution in [0.3, 0.4) is 0 Å². The molecule has 0 fully saturated rings. The Bertz CT molecular complexity index is 324. The SMILES string of the molecule is CC(=O)C(Cc1ccccc1)CC(O)CN. The first kappa shape index (κ1) is 12.9. The van der Waals surface area contributed by atoms with E-state index in [1.165, 1.54) is 0 Å². The second kappa shape index (κ2) is 6.40. The average molecular weight is 221 g/mol. The third kappa shape index (κ3) is 4.13. The van der Waals surface area contributed by atoms with Gasteiger partial charge in [0, 0.05) is 12.5 Å². The molecule has 0 saturated heterocycles. The molecule has 2 atom stereocenters. The lowest BCUT2D eigenvalue weighted by molar-refractivity contribution is -0.121. The first-order valence-corrected chi connectivity index (χ1v) is 5.56. The van der Waals surface area contributed by atoms with Crippen LogP contribution in [0.5, 0.6) is 0 Å². The maximum atomic E-state index is 11.4. The number of Topliss-reactive ketones (excluding diaryl/α,β-unsaturated/α-hetero) is 1. The highest BCUT2D eigenvalue weighted by molar-refractivity contribution is 5.78. The van der Waals surface area contributed by atoms with Crippen LogP contribution in [0.15, 0.2) is 30.3 Å². The minimum Gasteiger partial charge on any atom is -0.392 e. The Hall–Kier alpha value is -1.19. The molecule has 0 bridgehead atoms. The molecular formula is C13H19NO2. The van der Waals surface area contributed by atoms with Crippen LogP contribution in [0, 0.1) is 5.92 Å². The van der Waals surface area contributed by atoms with Gasteiger partial charge in [0.1, 0.15) is 5.78 Å². The summed E-state index contributed by atoms with van der Waals surface area (Å²) < 4.78 is 0. The topological polar surface area (TPSA) is 63.3 Å². The summed E-state index contributed by atoms with van der Waals surface area (Å²) in [6.45, 7) is 1.77. The molecule has 0 aliphatic carbocycles. The summed E-state index contributed by atoms with van der Waals surface area (Å²) in [4.78, 5) is 11.4. The highest BCUT2D eigenvalue weighted by Crippen LogP contribution is 2.15. The van der Waals surface area contributed by atoms with E-state index in [1.54, 1.807) is 6.92 Å². The lowest BCUT2D eigenvalue weighted by Crippen LogP contribution is -2.27. The number of ketones is 1. The van der Waals surface area contributed by atoms with Gasteiger partial charge in [0.05, 0.1) is 6.10 Å². The fraction of sp³-hybridized carbons (Fsp3) is 0.462. The van der Waals surface area contributed by atoms with Crippen molar-refractivity contribution in [2.75, 3.05) is 6.54 Å².